The largest absolute Gasteiger partial charge is 0.449 e. The van der Waals surface area contributed by atoms with Gasteiger partial charge >= 0.3 is 0 Å². The summed E-state index contributed by atoms with van der Waals surface area (Å²) in [4.78, 5) is 35.9. The number of pyridine rings is 2. The second-order valence-corrected chi connectivity index (χ2v) is 9.62. The normalized spacial score (nSPS) is 14.7. The molecule has 5 heterocycles. The van der Waals surface area contributed by atoms with Crippen molar-refractivity contribution in [2.75, 3.05) is 19.6 Å². The zero-order valence-corrected chi connectivity index (χ0v) is 19.1. The van der Waals surface area contributed by atoms with Crippen molar-refractivity contribution in [3.05, 3.63) is 59.7 Å². The van der Waals surface area contributed by atoms with Gasteiger partial charge < -0.3 is 14.6 Å². The number of hydrogen-bond donors (Lipinski definition) is 1. The van der Waals surface area contributed by atoms with Crippen molar-refractivity contribution in [2.24, 2.45) is 5.92 Å². The Morgan fingerprint density at radius 1 is 1.06 bits per heavy atom. The first-order chi connectivity index (χ1) is 16.2. The van der Waals surface area contributed by atoms with E-state index in [9.17, 15) is 9.59 Å². The highest BCUT2D eigenvalue weighted by Gasteiger charge is 2.25. The van der Waals surface area contributed by atoms with E-state index in [1.54, 1.807) is 30.9 Å². The molecular formula is C25H26N4O3S. The predicted molar refractivity (Wildman–Crippen MR) is 128 cm³/mol. The van der Waals surface area contributed by atoms with Gasteiger partial charge in [0.2, 0.25) is 0 Å². The fraction of sp³-hybridized carbons (Fsp3) is 0.360. The number of hydrogen-bond acceptors (Lipinski definition) is 6. The van der Waals surface area contributed by atoms with E-state index in [1.807, 2.05) is 23.1 Å². The van der Waals surface area contributed by atoms with Crippen LogP contribution in [0.15, 0.2) is 53.5 Å². The van der Waals surface area contributed by atoms with Gasteiger partial charge in [-0.3, -0.25) is 19.6 Å². The van der Waals surface area contributed by atoms with Gasteiger partial charge in [0.05, 0.1) is 15.8 Å². The summed E-state index contributed by atoms with van der Waals surface area (Å²) < 4.78 is 6.71. The summed E-state index contributed by atoms with van der Waals surface area (Å²) in [5.41, 5.74) is 0.646. The molecule has 4 aromatic rings. The number of nitrogens with zero attached hydrogens (tertiary/aromatic N) is 3. The molecule has 7 nitrogen and oxygen atoms in total. The number of thiophene rings is 1. The van der Waals surface area contributed by atoms with E-state index in [0.717, 1.165) is 65.5 Å². The highest BCUT2D eigenvalue weighted by atomic mass is 32.1. The molecule has 33 heavy (non-hydrogen) atoms. The van der Waals surface area contributed by atoms with E-state index in [-0.39, 0.29) is 11.8 Å². The van der Waals surface area contributed by atoms with Crippen molar-refractivity contribution in [2.45, 2.75) is 32.1 Å². The van der Waals surface area contributed by atoms with Crippen LogP contribution in [0.1, 0.15) is 52.3 Å². The highest BCUT2D eigenvalue weighted by Crippen LogP contribution is 2.26. The third-order valence-corrected chi connectivity index (χ3v) is 7.39. The van der Waals surface area contributed by atoms with Gasteiger partial charge in [-0.25, -0.2) is 0 Å². The third-order valence-electron chi connectivity index (χ3n) is 6.31. The van der Waals surface area contributed by atoms with Crippen molar-refractivity contribution >= 4 is 44.2 Å². The van der Waals surface area contributed by atoms with Crippen LogP contribution in [0.2, 0.25) is 0 Å². The van der Waals surface area contributed by atoms with E-state index in [2.05, 4.69) is 15.3 Å². The molecule has 0 unspecified atom stereocenters. The Hall–Kier alpha value is -3.26. The number of nitrogens with one attached hydrogen (secondary N) is 1. The Morgan fingerprint density at radius 2 is 1.85 bits per heavy atom. The lowest BCUT2D eigenvalue weighted by Gasteiger charge is -2.31. The molecule has 1 saturated heterocycles. The SMILES string of the molecule is O=C(NCCCCC1CCN(C(=O)c2cc3ccncc3o2)CC1)c1cc2ccncc2s1. The number of likely N-dealkylation sites (tertiary alicyclic amines) is 1. The molecule has 0 aliphatic carbocycles. The Labute approximate surface area is 195 Å². The van der Waals surface area contributed by atoms with Crippen LogP contribution in [0.3, 0.4) is 0 Å². The predicted octanol–water partition coefficient (Wildman–Crippen LogP) is 4.89. The van der Waals surface area contributed by atoms with E-state index < -0.39 is 0 Å². The molecule has 0 saturated carbocycles. The van der Waals surface area contributed by atoms with Crippen LogP contribution < -0.4 is 5.32 Å². The number of carbonyl (C=O) groups is 2. The summed E-state index contributed by atoms with van der Waals surface area (Å²) in [5.74, 6) is 0.968. The number of amides is 2. The maximum atomic E-state index is 12.8. The first-order valence-corrected chi connectivity index (χ1v) is 12.2. The fourth-order valence-electron chi connectivity index (χ4n) is 4.41. The molecule has 8 heteroatoms. The molecule has 0 radical (unpaired) electrons. The minimum absolute atomic E-state index is 0.00983. The Kier molecular flexibility index (Phi) is 6.35. The number of carbonyl (C=O) groups excluding carboxylic acids is 2. The second kappa shape index (κ2) is 9.70. The molecule has 0 bridgehead atoms. The number of aromatic nitrogens is 2. The summed E-state index contributed by atoms with van der Waals surface area (Å²) in [7, 11) is 0. The number of furan rings is 1. The lowest BCUT2D eigenvalue weighted by atomic mass is 9.91. The average Bonchev–Trinajstić information content (AvgIpc) is 3.48. The minimum Gasteiger partial charge on any atom is -0.449 e. The van der Waals surface area contributed by atoms with E-state index in [1.165, 1.54) is 11.3 Å². The maximum absolute atomic E-state index is 12.8. The number of rotatable bonds is 7. The van der Waals surface area contributed by atoms with Crippen molar-refractivity contribution in [3.8, 4) is 0 Å². The molecule has 2 amide bonds. The Bertz CT molecular complexity index is 1210. The van der Waals surface area contributed by atoms with Crippen molar-refractivity contribution in [3.63, 3.8) is 0 Å². The van der Waals surface area contributed by atoms with Crippen molar-refractivity contribution < 1.29 is 14.0 Å². The van der Waals surface area contributed by atoms with Gasteiger partial charge in [0, 0.05) is 43.6 Å². The average molecular weight is 463 g/mol. The van der Waals surface area contributed by atoms with Crippen molar-refractivity contribution in [1.82, 2.24) is 20.2 Å². The highest BCUT2D eigenvalue weighted by molar-refractivity contribution is 7.20. The van der Waals surface area contributed by atoms with Crippen molar-refractivity contribution in [1.29, 1.82) is 0 Å². The molecule has 0 atom stereocenters. The van der Waals surface area contributed by atoms with Gasteiger partial charge in [-0.2, -0.15) is 0 Å². The van der Waals surface area contributed by atoms with Crippen LogP contribution in [0.4, 0.5) is 0 Å². The zero-order chi connectivity index (χ0) is 22.6. The number of unbranched alkanes of at least 4 members (excludes halogenated alkanes) is 1. The van der Waals surface area contributed by atoms with Gasteiger partial charge in [-0.05, 0) is 54.8 Å². The third kappa shape index (κ3) is 4.90. The van der Waals surface area contributed by atoms with Gasteiger partial charge in [-0.1, -0.05) is 12.8 Å². The standard InChI is InChI=1S/C25H26N4O3S/c30-24(22-14-19-5-10-27-16-23(19)33-22)28-8-2-1-3-17-6-11-29(12-7-17)25(31)20-13-18-4-9-26-15-21(18)32-20/h4-5,9-10,13-17H,1-3,6-8,11-12H2,(H,28,30). The van der Waals surface area contributed by atoms with Crippen LogP contribution in [0.25, 0.3) is 21.1 Å². The second-order valence-electron chi connectivity index (χ2n) is 8.54. The molecule has 0 aromatic carbocycles. The monoisotopic (exact) mass is 462 g/mol. The summed E-state index contributed by atoms with van der Waals surface area (Å²) in [6.07, 6.45) is 12.1. The molecule has 170 valence electrons. The molecule has 1 aliphatic rings. The fourth-order valence-corrected chi connectivity index (χ4v) is 5.36. The minimum atomic E-state index is -0.0376. The van der Waals surface area contributed by atoms with Gasteiger partial charge in [0.25, 0.3) is 11.8 Å². The molecule has 4 aromatic heterocycles. The molecule has 1 fully saturated rings. The first-order valence-electron chi connectivity index (χ1n) is 11.4. The molecule has 1 N–H and O–H groups in total. The quantitative estimate of drug-likeness (QED) is 0.395. The molecule has 1 aliphatic heterocycles. The van der Waals surface area contributed by atoms with Crippen LogP contribution >= 0.6 is 11.3 Å². The first kappa shape index (κ1) is 21.6. The number of fused-ring (bicyclic) bond motifs is 2. The summed E-state index contributed by atoms with van der Waals surface area (Å²) in [6, 6.07) is 7.50. The van der Waals surface area contributed by atoms with Crippen LogP contribution in [-0.2, 0) is 0 Å². The Morgan fingerprint density at radius 3 is 2.64 bits per heavy atom. The molecule has 5 rings (SSSR count). The lowest BCUT2D eigenvalue weighted by molar-refractivity contribution is 0.0656. The summed E-state index contributed by atoms with van der Waals surface area (Å²) >= 11 is 1.48. The van der Waals surface area contributed by atoms with Gasteiger partial charge in [0.1, 0.15) is 0 Å². The topological polar surface area (TPSA) is 88.3 Å². The van der Waals surface area contributed by atoms with Gasteiger partial charge in [0.15, 0.2) is 11.3 Å². The zero-order valence-electron chi connectivity index (χ0n) is 18.3. The summed E-state index contributed by atoms with van der Waals surface area (Å²) in [6.45, 7) is 2.20. The van der Waals surface area contributed by atoms with Crippen LogP contribution in [0, 0.1) is 5.92 Å². The lowest BCUT2D eigenvalue weighted by Crippen LogP contribution is -2.38. The smallest absolute Gasteiger partial charge is 0.289 e. The molecule has 0 spiro atoms. The number of piperidine rings is 1. The van der Waals surface area contributed by atoms with Gasteiger partial charge in [-0.15, -0.1) is 11.3 Å². The molecular weight excluding hydrogens is 436 g/mol. The Balaban J connectivity index is 1.01. The van der Waals surface area contributed by atoms with E-state index in [0.29, 0.717) is 23.8 Å². The summed E-state index contributed by atoms with van der Waals surface area (Å²) in [5, 5.41) is 4.99. The van der Waals surface area contributed by atoms with Crippen LogP contribution in [0.5, 0.6) is 0 Å². The van der Waals surface area contributed by atoms with Crippen LogP contribution in [-0.4, -0.2) is 46.3 Å². The van der Waals surface area contributed by atoms with E-state index >= 15 is 0 Å². The van der Waals surface area contributed by atoms with E-state index in [4.69, 9.17) is 4.42 Å². The maximum Gasteiger partial charge on any atom is 0.289 e.